The first kappa shape index (κ1) is 12.8. The van der Waals surface area contributed by atoms with Gasteiger partial charge in [-0.05, 0) is 61.8 Å². The van der Waals surface area contributed by atoms with Crippen LogP contribution in [-0.2, 0) is 17.7 Å². The Hall–Kier alpha value is -1.92. The molecule has 4 N–H and O–H groups in total. The molecule has 0 saturated carbocycles. The van der Waals surface area contributed by atoms with Crippen LogP contribution in [0.25, 0.3) is 0 Å². The van der Waals surface area contributed by atoms with Gasteiger partial charge < -0.3 is 25.4 Å². The van der Waals surface area contributed by atoms with Crippen LogP contribution in [0.15, 0.2) is 48.5 Å². The quantitative estimate of drug-likeness (QED) is 0.304. The Morgan fingerprint density at radius 3 is 2.63 bits per heavy atom. The van der Waals surface area contributed by atoms with Gasteiger partial charge in [-0.25, -0.2) is 0 Å². The smallest absolute Gasteiger partial charge is 0.121 e. The van der Waals surface area contributed by atoms with E-state index < -0.39 is 69.1 Å². The Bertz CT molecular complexity index is 1130. The predicted molar refractivity (Wildman–Crippen MR) is 121 cm³/mol. The van der Waals surface area contributed by atoms with E-state index >= 15 is 0 Å². The number of unbranched alkanes of at least 4 members (excludes halogenated alkanes) is 1. The standard InChI is InChI=1S/C25H37NO4/c27-20-23-18-22(13-14-24(23)28)25(29)19-26-15-7-1-2-8-16-30-17-9-6-12-21-10-4-3-5-11-21/h3-5,10-11,13-14,18,25-29H,1-2,6-9,12,15-17,19-20H2/i7D2,8D2,15D2,16D2,20D2,25D. The highest BCUT2D eigenvalue weighted by molar-refractivity contribution is 5.36. The molecule has 5 heteroatoms. The van der Waals surface area contributed by atoms with Crippen molar-refractivity contribution >= 4 is 0 Å². The lowest BCUT2D eigenvalue weighted by Crippen LogP contribution is -2.22. The Morgan fingerprint density at radius 1 is 1.03 bits per heavy atom. The van der Waals surface area contributed by atoms with Crippen molar-refractivity contribution in [2.45, 2.75) is 57.5 Å². The van der Waals surface area contributed by atoms with Crippen molar-refractivity contribution in [3.8, 4) is 5.75 Å². The Labute approximate surface area is 196 Å². The molecule has 5 nitrogen and oxygen atoms in total. The number of aromatic hydroxyl groups is 1. The summed E-state index contributed by atoms with van der Waals surface area (Å²) >= 11 is 0. The lowest BCUT2D eigenvalue weighted by atomic mass is 10.1. The molecule has 2 rings (SSSR count). The molecule has 1 unspecified atom stereocenters. The van der Waals surface area contributed by atoms with E-state index in [1.165, 1.54) is 0 Å². The highest BCUT2D eigenvalue weighted by Gasteiger charge is 2.09. The third-order valence-corrected chi connectivity index (χ3v) is 4.21. The molecular weight excluding hydrogens is 378 g/mol. The highest BCUT2D eigenvalue weighted by Crippen LogP contribution is 2.22. The van der Waals surface area contributed by atoms with Crippen LogP contribution in [0.4, 0.5) is 0 Å². The number of aryl methyl sites for hydroxylation is 1. The number of ether oxygens (including phenoxy) is 1. The van der Waals surface area contributed by atoms with Crippen LogP contribution in [0.2, 0.25) is 0 Å². The summed E-state index contributed by atoms with van der Waals surface area (Å²) < 4.78 is 93.0. The Balaban J connectivity index is 1.95. The molecule has 0 aliphatic rings. The van der Waals surface area contributed by atoms with Gasteiger partial charge in [-0.2, -0.15) is 0 Å². The molecule has 0 aliphatic heterocycles. The molecule has 0 saturated heterocycles. The van der Waals surface area contributed by atoms with Gasteiger partial charge in [0, 0.05) is 33.5 Å². The van der Waals surface area contributed by atoms with Crippen LogP contribution in [0.1, 0.15) is 76.3 Å². The molecule has 166 valence electrons. The van der Waals surface area contributed by atoms with E-state index in [0.717, 1.165) is 30.2 Å². The monoisotopic (exact) mass is 426 g/mol. The van der Waals surface area contributed by atoms with Gasteiger partial charge in [0.2, 0.25) is 0 Å². The van der Waals surface area contributed by atoms with Gasteiger partial charge in [0.1, 0.15) is 5.75 Å². The van der Waals surface area contributed by atoms with Gasteiger partial charge in [0.05, 0.1) is 19.5 Å². The maximum atomic E-state index is 10.6. The zero-order chi connectivity index (χ0) is 31.3. The maximum Gasteiger partial charge on any atom is 0.121 e. The van der Waals surface area contributed by atoms with Crippen LogP contribution in [-0.4, -0.2) is 41.5 Å². The molecule has 0 spiro atoms. The number of benzene rings is 2. The minimum absolute atomic E-state index is 0.0620. The first-order chi connectivity index (χ1) is 18.6. The lowest BCUT2D eigenvalue weighted by molar-refractivity contribution is 0.126. The van der Waals surface area contributed by atoms with Crippen LogP contribution in [0.3, 0.4) is 0 Å². The number of hydrogen-bond donors (Lipinski definition) is 4. The summed E-state index contributed by atoms with van der Waals surface area (Å²) in [6.07, 6.45) is -7.70. The van der Waals surface area contributed by atoms with E-state index in [2.05, 4.69) is 5.32 Å². The zero-order valence-corrected chi connectivity index (χ0v) is 16.8. The van der Waals surface area contributed by atoms with Gasteiger partial charge in [-0.1, -0.05) is 49.2 Å². The van der Waals surface area contributed by atoms with Gasteiger partial charge in [0.15, 0.2) is 0 Å². The van der Waals surface area contributed by atoms with E-state index in [1.54, 1.807) is 0 Å². The summed E-state index contributed by atoms with van der Waals surface area (Å²) in [6.45, 7) is -9.66. The summed E-state index contributed by atoms with van der Waals surface area (Å²) in [5.41, 5.74) is 0.159. The van der Waals surface area contributed by atoms with Gasteiger partial charge in [0.25, 0.3) is 0 Å². The molecule has 2 aromatic carbocycles. The van der Waals surface area contributed by atoms with Crippen molar-refractivity contribution in [2.75, 3.05) is 26.2 Å². The fourth-order valence-corrected chi connectivity index (χ4v) is 2.59. The normalized spacial score (nSPS) is 21.1. The second-order valence-corrected chi connectivity index (χ2v) is 6.52. The van der Waals surface area contributed by atoms with Crippen LogP contribution in [0, 0.1) is 0 Å². The minimum atomic E-state index is -2.99. The van der Waals surface area contributed by atoms with Crippen molar-refractivity contribution in [3.63, 3.8) is 0 Å². The van der Waals surface area contributed by atoms with Crippen LogP contribution in [0.5, 0.6) is 5.75 Å². The molecule has 2 aromatic rings. The third kappa shape index (κ3) is 9.72. The summed E-state index contributed by atoms with van der Waals surface area (Å²) in [5, 5.41) is 32.0. The van der Waals surface area contributed by atoms with Crippen molar-refractivity contribution in [3.05, 3.63) is 65.2 Å². The SMILES string of the molecule is [2H]C([2H])(O)c1cc(C([2H])(O)CNC([2H])([2H])C([2H])([2H])CCC([2H])([2H])C([2H])([2H])OCCCCc2ccccc2)ccc1O. The van der Waals surface area contributed by atoms with E-state index in [0.29, 0.717) is 12.8 Å². The van der Waals surface area contributed by atoms with Crippen molar-refractivity contribution in [1.82, 2.24) is 5.32 Å². The van der Waals surface area contributed by atoms with Gasteiger partial charge >= 0.3 is 0 Å². The van der Waals surface area contributed by atoms with Crippen molar-refractivity contribution < 1.29 is 35.1 Å². The van der Waals surface area contributed by atoms with Crippen molar-refractivity contribution in [2.24, 2.45) is 0 Å². The van der Waals surface area contributed by atoms with Crippen molar-refractivity contribution in [1.29, 1.82) is 0 Å². The van der Waals surface area contributed by atoms with E-state index in [4.69, 9.17) is 19.8 Å². The lowest BCUT2D eigenvalue weighted by Gasteiger charge is -2.14. The molecule has 0 bridgehead atoms. The molecule has 30 heavy (non-hydrogen) atoms. The topological polar surface area (TPSA) is 82.0 Å². The number of hydrogen-bond acceptors (Lipinski definition) is 5. The van der Waals surface area contributed by atoms with E-state index in [1.807, 2.05) is 30.3 Å². The average molecular weight is 427 g/mol. The molecule has 0 aromatic heterocycles. The Kier molecular flexibility index (Phi) is 6.40. The summed E-state index contributed by atoms with van der Waals surface area (Å²) in [7, 11) is 0. The zero-order valence-electron chi connectivity index (χ0n) is 27.8. The van der Waals surface area contributed by atoms with Gasteiger partial charge in [-0.15, -0.1) is 0 Å². The molecule has 0 amide bonds. The van der Waals surface area contributed by atoms with E-state index in [-0.39, 0.29) is 12.2 Å². The summed E-state index contributed by atoms with van der Waals surface area (Å²) in [5.74, 6) is -0.637. The summed E-state index contributed by atoms with van der Waals surface area (Å²) in [6, 6.07) is 12.5. The third-order valence-electron chi connectivity index (χ3n) is 4.21. The molecular formula is C25H37NO4. The summed E-state index contributed by atoms with van der Waals surface area (Å²) in [4.78, 5) is 0. The molecule has 0 aliphatic carbocycles. The second-order valence-electron chi connectivity index (χ2n) is 6.52. The second kappa shape index (κ2) is 15.0. The molecule has 1 atom stereocenters. The average Bonchev–Trinajstić information content (AvgIpc) is 2.86. The number of phenols is 1. The first-order valence-electron chi connectivity index (χ1n) is 15.3. The molecule has 0 radical (unpaired) electrons. The first-order valence-corrected chi connectivity index (χ1v) is 9.83. The number of rotatable bonds is 16. The van der Waals surface area contributed by atoms with Crippen LogP contribution < -0.4 is 5.32 Å². The molecule has 0 fully saturated rings. The fourth-order valence-electron chi connectivity index (χ4n) is 2.59. The predicted octanol–water partition coefficient (Wildman–Crippen LogP) is 4.11. The highest BCUT2D eigenvalue weighted by atomic mass is 16.5. The van der Waals surface area contributed by atoms with E-state index in [9.17, 15) is 15.3 Å². The number of aliphatic hydroxyl groups is 2. The number of nitrogens with one attached hydrogen (secondary N) is 1. The Morgan fingerprint density at radius 2 is 1.83 bits per heavy atom. The van der Waals surface area contributed by atoms with Crippen LogP contribution >= 0.6 is 0 Å². The molecule has 0 heterocycles. The maximum absolute atomic E-state index is 10.6. The fraction of sp³-hybridized carbons (Fsp3) is 0.520. The van der Waals surface area contributed by atoms with Gasteiger partial charge in [-0.3, -0.25) is 0 Å². The minimum Gasteiger partial charge on any atom is -0.508 e. The largest absolute Gasteiger partial charge is 0.508 e.